The number of likely N-dealkylation sites (tertiary alicyclic amines) is 1. The number of thiophene rings is 1. The lowest BCUT2D eigenvalue weighted by molar-refractivity contribution is 0.0790. The van der Waals surface area contributed by atoms with Gasteiger partial charge in [0, 0.05) is 35.8 Å². The van der Waals surface area contributed by atoms with Crippen LogP contribution in [0.5, 0.6) is 0 Å². The van der Waals surface area contributed by atoms with E-state index in [-0.39, 0.29) is 30.9 Å². The highest BCUT2D eigenvalue weighted by Gasteiger charge is 2.33. The van der Waals surface area contributed by atoms with E-state index in [0.717, 1.165) is 40.5 Å². The molecule has 2 amide bonds. The Labute approximate surface area is 192 Å². The van der Waals surface area contributed by atoms with Crippen molar-refractivity contribution in [1.82, 2.24) is 10.2 Å². The van der Waals surface area contributed by atoms with Crippen molar-refractivity contribution in [2.24, 2.45) is 0 Å². The van der Waals surface area contributed by atoms with Crippen molar-refractivity contribution < 1.29 is 14.7 Å². The van der Waals surface area contributed by atoms with Gasteiger partial charge in [-0.25, -0.2) is 0 Å². The molecule has 6 heteroatoms. The first-order valence-electron chi connectivity index (χ1n) is 11.5. The number of benzene rings is 2. The van der Waals surface area contributed by atoms with Gasteiger partial charge in [-0.3, -0.25) is 9.59 Å². The molecule has 32 heavy (non-hydrogen) atoms. The van der Waals surface area contributed by atoms with Gasteiger partial charge in [0.1, 0.15) is 0 Å². The van der Waals surface area contributed by atoms with Crippen LogP contribution in [0.15, 0.2) is 42.5 Å². The first-order valence-corrected chi connectivity index (χ1v) is 12.3. The second kappa shape index (κ2) is 9.04. The van der Waals surface area contributed by atoms with Crippen LogP contribution in [0.1, 0.15) is 61.9 Å². The molecule has 5 rings (SSSR count). The van der Waals surface area contributed by atoms with E-state index in [9.17, 15) is 9.59 Å². The van der Waals surface area contributed by atoms with Crippen molar-refractivity contribution in [2.75, 3.05) is 26.2 Å². The molecular weight excluding hydrogens is 420 g/mol. The Balaban J connectivity index is 1.40. The topological polar surface area (TPSA) is 69.6 Å². The molecule has 2 N–H and O–H groups in total. The third-order valence-electron chi connectivity index (χ3n) is 6.72. The number of carbonyl (C=O) groups excluding carboxylic acids is 2. The van der Waals surface area contributed by atoms with Gasteiger partial charge >= 0.3 is 0 Å². The molecule has 166 valence electrons. The smallest absolute Gasteiger partial charge is 0.261 e. The van der Waals surface area contributed by atoms with E-state index in [1.165, 1.54) is 35.3 Å². The van der Waals surface area contributed by atoms with Crippen LogP contribution in [0, 0.1) is 0 Å². The SMILES string of the molecule is O=C(NCCO)c1sc2ccccc2c1[C@H]1CCN(C(=O)c2ccc3c(c2)CCCC3)C1. The van der Waals surface area contributed by atoms with E-state index in [2.05, 4.69) is 23.5 Å². The summed E-state index contributed by atoms with van der Waals surface area (Å²) in [6, 6.07) is 14.3. The monoisotopic (exact) mass is 448 g/mol. The minimum Gasteiger partial charge on any atom is -0.395 e. The van der Waals surface area contributed by atoms with Crippen molar-refractivity contribution in [3.63, 3.8) is 0 Å². The van der Waals surface area contributed by atoms with Gasteiger partial charge in [-0.05, 0) is 72.4 Å². The van der Waals surface area contributed by atoms with Gasteiger partial charge in [-0.2, -0.15) is 0 Å². The summed E-state index contributed by atoms with van der Waals surface area (Å²) in [7, 11) is 0. The summed E-state index contributed by atoms with van der Waals surface area (Å²) in [4.78, 5) is 28.8. The Morgan fingerprint density at radius 3 is 2.75 bits per heavy atom. The number of aliphatic hydroxyl groups excluding tert-OH is 1. The Morgan fingerprint density at radius 1 is 1.09 bits per heavy atom. The summed E-state index contributed by atoms with van der Waals surface area (Å²) in [6.07, 6.45) is 5.45. The number of amides is 2. The minimum absolute atomic E-state index is 0.0849. The molecule has 0 spiro atoms. The van der Waals surface area contributed by atoms with Crippen molar-refractivity contribution in [2.45, 2.75) is 38.0 Å². The lowest BCUT2D eigenvalue weighted by atomic mass is 9.90. The molecule has 1 atom stereocenters. The third kappa shape index (κ3) is 3.93. The van der Waals surface area contributed by atoms with Crippen LogP contribution in [-0.4, -0.2) is 48.1 Å². The Kier molecular flexibility index (Phi) is 5.98. The average Bonchev–Trinajstić information content (AvgIpc) is 3.46. The summed E-state index contributed by atoms with van der Waals surface area (Å²) in [5.74, 6) is 0.0732. The van der Waals surface area contributed by atoms with Crippen molar-refractivity contribution in [1.29, 1.82) is 0 Å². The maximum Gasteiger partial charge on any atom is 0.261 e. The van der Waals surface area contributed by atoms with E-state index in [1.807, 2.05) is 29.2 Å². The second-order valence-electron chi connectivity index (χ2n) is 8.75. The van der Waals surface area contributed by atoms with Crippen molar-refractivity contribution in [3.8, 4) is 0 Å². The fourth-order valence-corrected chi connectivity index (χ4v) is 6.32. The zero-order valence-corrected chi connectivity index (χ0v) is 18.9. The molecule has 1 aliphatic carbocycles. The Hall–Kier alpha value is -2.70. The van der Waals surface area contributed by atoms with Gasteiger partial charge in [0.15, 0.2) is 0 Å². The van der Waals surface area contributed by atoms with Gasteiger partial charge in [0.05, 0.1) is 11.5 Å². The first kappa shape index (κ1) is 21.2. The van der Waals surface area contributed by atoms with Crippen LogP contribution in [0.25, 0.3) is 10.1 Å². The molecule has 2 aromatic carbocycles. The molecule has 1 aromatic heterocycles. The van der Waals surface area contributed by atoms with E-state index < -0.39 is 0 Å². The van der Waals surface area contributed by atoms with Crippen LogP contribution in [0.4, 0.5) is 0 Å². The van der Waals surface area contributed by atoms with Gasteiger partial charge in [-0.1, -0.05) is 24.3 Å². The lowest BCUT2D eigenvalue weighted by Gasteiger charge is -2.20. The van der Waals surface area contributed by atoms with Crippen LogP contribution in [0.3, 0.4) is 0 Å². The third-order valence-corrected chi connectivity index (χ3v) is 7.90. The highest BCUT2D eigenvalue weighted by atomic mass is 32.1. The molecular formula is C26H28N2O3S. The Morgan fingerprint density at radius 2 is 1.91 bits per heavy atom. The molecule has 2 aliphatic rings. The van der Waals surface area contributed by atoms with Crippen molar-refractivity contribution in [3.05, 3.63) is 69.6 Å². The van der Waals surface area contributed by atoms with Crippen LogP contribution in [0.2, 0.25) is 0 Å². The second-order valence-corrected chi connectivity index (χ2v) is 9.80. The number of fused-ring (bicyclic) bond motifs is 2. The maximum absolute atomic E-state index is 13.3. The fraction of sp³-hybridized carbons (Fsp3) is 0.385. The predicted octanol–water partition coefficient (Wildman–Crippen LogP) is 4.13. The minimum atomic E-state index is -0.144. The highest BCUT2D eigenvalue weighted by Crippen LogP contribution is 2.40. The quantitative estimate of drug-likeness (QED) is 0.617. The number of nitrogens with zero attached hydrogens (tertiary/aromatic N) is 1. The lowest BCUT2D eigenvalue weighted by Crippen LogP contribution is -2.29. The molecule has 0 radical (unpaired) electrons. The number of aliphatic hydroxyl groups is 1. The molecule has 0 saturated carbocycles. The van der Waals surface area contributed by atoms with E-state index in [1.54, 1.807) is 0 Å². The van der Waals surface area contributed by atoms with E-state index in [4.69, 9.17) is 5.11 Å². The maximum atomic E-state index is 13.3. The number of carbonyl (C=O) groups is 2. The molecule has 1 fully saturated rings. The molecule has 5 nitrogen and oxygen atoms in total. The fourth-order valence-electron chi connectivity index (χ4n) is 5.12. The standard InChI is InChI=1S/C26H28N2O3S/c29-14-12-27-25(30)24-23(21-7-3-4-8-22(21)32-24)20-11-13-28(16-20)26(31)19-10-9-17-5-1-2-6-18(17)15-19/h3-4,7-10,15,20,29H,1-2,5-6,11-14,16H2,(H,27,30)/t20-/m0/s1. The molecule has 2 heterocycles. The summed E-state index contributed by atoms with van der Waals surface area (Å²) in [6.45, 7) is 1.47. The highest BCUT2D eigenvalue weighted by molar-refractivity contribution is 7.21. The average molecular weight is 449 g/mol. The predicted molar refractivity (Wildman–Crippen MR) is 128 cm³/mol. The van der Waals surface area contributed by atoms with Gasteiger partial charge in [0.25, 0.3) is 11.8 Å². The molecule has 1 saturated heterocycles. The first-order chi connectivity index (χ1) is 15.7. The number of nitrogens with one attached hydrogen (secondary N) is 1. The zero-order valence-electron chi connectivity index (χ0n) is 18.1. The summed E-state index contributed by atoms with van der Waals surface area (Å²) in [5.41, 5.74) is 4.53. The Bertz CT molecular complexity index is 1170. The molecule has 3 aromatic rings. The number of hydrogen-bond donors (Lipinski definition) is 2. The van der Waals surface area contributed by atoms with Gasteiger partial charge in [-0.15, -0.1) is 11.3 Å². The molecule has 0 unspecified atom stereocenters. The summed E-state index contributed by atoms with van der Waals surface area (Å²) < 4.78 is 1.08. The number of hydrogen-bond acceptors (Lipinski definition) is 4. The zero-order chi connectivity index (χ0) is 22.1. The van der Waals surface area contributed by atoms with Crippen molar-refractivity contribution >= 4 is 33.2 Å². The summed E-state index contributed by atoms with van der Waals surface area (Å²) in [5, 5.41) is 13.0. The summed E-state index contributed by atoms with van der Waals surface area (Å²) >= 11 is 1.49. The normalized spacial score (nSPS) is 18.0. The van der Waals surface area contributed by atoms with E-state index >= 15 is 0 Å². The van der Waals surface area contributed by atoms with E-state index in [0.29, 0.717) is 18.0 Å². The van der Waals surface area contributed by atoms with Crippen LogP contribution in [-0.2, 0) is 12.8 Å². The molecule has 0 bridgehead atoms. The van der Waals surface area contributed by atoms with Gasteiger partial charge < -0.3 is 15.3 Å². The van der Waals surface area contributed by atoms with Crippen LogP contribution < -0.4 is 5.32 Å². The largest absolute Gasteiger partial charge is 0.395 e. The number of rotatable bonds is 5. The van der Waals surface area contributed by atoms with Crippen LogP contribution >= 0.6 is 11.3 Å². The molecule has 1 aliphatic heterocycles. The van der Waals surface area contributed by atoms with Gasteiger partial charge in [0.2, 0.25) is 0 Å². The number of aryl methyl sites for hydroxylation is 2.